The average molecular weight is 622 g/mol. The number of hydrogen-bond acceptors (Lipinski definition) is 4. The Bertz CT molecular complexity index is 650. The molecular weight excluding hydrogens is 546 g/mol. The molecule has 0 aliphatic heterocycles. The number of rotatable bonds is 34. The zero-order chi connectivity index (χ0) is 32.4. The molecule has 5 heteroatoms. The molecular formula is C39H75NO4. The van der Waals surface area contributed by atoms with Gasteiger partial charge in [-0.25, -0.2) is 0 Å². The number of aliphatic hydroxyl groups excluding tert-OH is 3. The van der Waals surface area contributed by atoms with Crippen molar-refractivity contribution in [1.82, 2.24) is 5.32 Å². The fraction of sp³-hybridized carbons (Fsp3) is 0.872. The van der Waals surface area contributed by atoms with Gasteiger partial charge in [-0.05, 0) is 44.9 Å². The second-order valence-corrected chi connectivity index (χ2v) is 13.2. The van der Waals surface area contributed by atoms with Crippen molar-refractivity contribution >= 4 is 5.91 Å². The summed E-state index contributed by atoms with van der Waals surface area (Å²) in [7, 11) is 0. The minimum absolute atomic E-state index is 0.00349. The molecule has 0 aliphatic carbocycles. The van der Waals surface area contributed by atoms with E-state index in [9.17, 15) is 20.1 Å². The van der Waals surface area contributed by atoms with E-state index < -0.39 is 18.2 Å². The third-order valence-electron chi connectivity index (χ3n) is 8.73. The van der Waals surface area contributed by atoms with Crippen LogP contribution < -0.4 is 5.32 Å². The summed E-state index contributed by atoms with van der Waals surface area (Å²) >= 11 is 0. The van der Waals surface area contributed by atoms with Crippen LogP contribution in [-0.2, 0) is 4.79 Å². The summed E-state index contributed by atoms with van der Waals surface area (Å²) in [6.45, 7) is 4.16. The van der Waals surface area contributed by atoms with Crippen LogP contribution in [0.4, 0.5) is 0 Å². The van der Waals surface area contributed by atoms with Gasteiger partial charge >= 0.3 is 0 Å². The number of allylic oxidation sites excluding steroid dienone is 3. The number of amides is 1. The highest BCUT2D eigenvalue weighted by molar-refractivity contribution is 5.76. The summed E-state index contributed by atoms with van der Waals surface area (Å²) in [6.07, 6.45) is 40.2. The normalized spacial score (nSPS) is 14.0. The highest BCUT2D eigenvalue weighted by Gasteiger charge is 2.20. The molecule has 260 valence electrons. The van der Waals surface area contributed by atoms with Crippen LogP contribution >= 0.6 is 0 Å². The summed E-state index contributed by atoms with van der Waals surface area (Å²) < 4.78 is 0. The van der Waals surface area contributed by atoms with Crippen molar-refractivity contribution in [2.45, 2.75) is 212 Å². The highest BCUT2D eigenvalue weighted by Crippen LogP contribution is 2.15. The van der Waals surface area contributed by atoms with E-state index in [1.165, 1.54) is 128 Å². The first-order valence-electron chi connectivity index (χ1n) is 19.1. The monoisotopic (exact) mass is 622 g/mol. The second kappa shape index (κ2) is 34.7. The number of carbonyl (C=O) groups excluding carboxylic acids is 1. The molecule has 3 atom stereocenters. The second-order valence-electron chi connectivity index (χ2n) is 13.2. The number of aliphatic hydroxyl groups is 3. The van der Waals surface area contributed by atoms with Crippen molar-refractivity contribution in [2.75, 3.05) is 6.61 Å². The minimum Gasteiger partial charge on any atom is -0.394 e. The van der Waals surface area contributed by atoms with Gasteiger partial charge in [0.05, 0.1) is 31.3 Å². The number of carbonyl (C=O) groups is 1. The van der Waals surface area contributed by atoms with Crippen molar-refractivity contribution in [3.63, 3.8) is 0 Å². The largest absolute Gasteiger partial charge is 0.394 e. The first-order valence-corrected chi connectivity index (χ1v) is 19.1. The van der Waals surface area contributed by atoms with Gasteiger partial charge < -0.3 is 20.6 Å². The molecule has 0 aromatic rings. The number of hydrogen-bond donors (Lipinski definition) is 4. The molecule has 0 spiro atoms. The van der Waals surface area contributed by atoms with Crippen LogP contribution in [0.25, 0.3) is 0 Å². The quantitative estimate of drug-likeness (QED) is 0.0425. The van der Waals surface area contributed by atoms with Gasteiger partial charge in [-0.2, -0.15) is 0 Å². The van der Waals surface area contributed by atoms with Crippen LogP contribution in [0.2, 0.25) is 0 Å². The SMILES string of the molecule is CCCCC/C=C\CCCCCC(O)CC(=O)NC(CO)C(O)/C=C/CCCCCCCCCCCCCCCCCCC. The lowest BCUT2D eigenvalue weighted by Crippen LogP contribution is -2.45. The summed E-state index contributed by atoms with van der Waals surface area (Å²) in [5, 5.41) is 33.0. The van der Waals surface area contributed by atoms with Gasteiger partial charge in [0.2, 0.25) is 5.91 Å². The molecule has 0 rings (SSSR count). The van der Waals surface area contributed by atoms with Gasteiger partial charge in [0.25, 0.3) is 0 Å². The van der Waals surface area contributed by atoms with Crippen molar-refractivity contribution < 1.29 is 20.1 Å². The molecule has 0 aromatic heterocycles. The summed E-state index contributed by atoms with van der Waals surface area (Å²) in [6, 6.07) is -0.745. The maximum atomic E-state index is 12.3. The molecule has 0 saturated carbocycles. The van der Waals surface area contributed by atoms with Crippen LogP contribution in [0.1, 0.15) is 194 Å². The lowest BCUT2D eigenvalue weighted by Gasteiger charge is -2.21. The molecule has 5 nitrogen and oxygen atoms in total. The van der Waals surface area contributed by atoms with E-state index in [0.717, 1.165) is 38.5 Å². The summed E-state index contributed by atoms with van der Waals surface area (Å²) in [5.41, 5.74) is 0. The Balaban J connectivity index is 3.70. The summed E-state index contributed by atoms with van der Waals surface area (Å²) in [4.78, 5) is 12.3. The van der Waals surface area contributed by atoms with Gasteiger partial charge in [-0.1, -0.05) is 167 Å². The highest BCUT2D eigenvalue weighted by atomic mass is 16.3. The van der Waals surface area contributed by atoms with E-state index in [0.29, 0.717) is 6.42 Å². The van der Waals surface area contributed by atoms with Crippen LogP contribution in [0.15, 0.2) is 24.3 Å². The molecule has 0 radical (unpaired) electrons. The van der Waals surface area contributed by atoms with Crippen LogP contribution in [0.3, 0.4) is 0 Å². The molecule has 0 aliphatic rings. The molecule has 0 heterocycles. The number of unbranched alkanes of at least 4 members (excludes halogenated alkanes) is 23. The zero-order valence-electron chi connectivity index (χ0n) is 29.3. The summed E-state index contributed by atoms with van der Waals surface area (Å²) in [5.74, 6) is -0.327. The molecule has 4 N–H and O–H groups in total. The minimum atomic E-state index is -0.929. The van der Waals surface area contributed by atoms with Crippen LogP contribution in [-0.4, -0.2) is 46.1 Å². The first kappa shape index (κ1) is 42.8. The van der Waals surface area contributed by atoms with E-state index >= 15 is 0 Å². The van der Waals surface area contributed by atoms with Gasteiger partial charge in [-0.15, -0.1) is 0 Å². The Kier molecular flexibility index (Phi) is 33.8. The first-order chi connectivity index (χ1) is 21.5. The Morgan fingerprint density at radius 3 is 1.43 bits per heavy atom. The predicted molar refractivity (Wildman–Crippen MR) is 190 cm³/mol. The van der Waals surface area contributed by atoms with Crippen molar-refractivity contribution in [1.29, 1.82) is 0 Å². The average Bonchev–Trinajstić information content (AvgIpc) is 3.01. The van der Waals surface area contributed by atoms with Crippen molar-refractivity contribution in [3.8, 4) is 0 Å². The zero-order valence-corrected chi connectivity index (χ0v) is 29.3. The molecule has 44 heavy (non-hydrogen) atoms. The lowest BCUT2D eigenvalue weighted by molar-refractivity contribution is -0.124. The number of nitrogens with one attached hydrogen (secondary N) is 1. The van der Waals surface area contributed by atoms with E-state index in [1.807, 2.05) is 6.08 Å². The molecule has 3 unspecified atom stereocenters. The van der Waals surface area contributed by atoms with E-state index in [-0.39, 0.29) is 18.9 Å². The van der Waals surface area contributed by atoms with Crippen LogP contribution in [0, 0.1) is 0 Å². The van der Waals surface area contributed by atoms with Gasteiger partial charge in [0, 0.05) is 0 Å². The maximum Gasteiger partial charge on any atom is 0.222 e. The van der Waals surface area contributed by atoms with E-state index in [2.05, 4.69) is 31.3 Å². The fourth-order valence-corrected chi connectivity index (χ4v) is 5.74. The van der Waals surface area contributed by atoms with Crippen LogP contribution in [0.5, 0.6) is 0 Å². The molecule has 0 fully saturated rings. The Hall–Kier alpha value is -1.17. The topological polar surface area (TPSA) is 89.8 Å². The maximum absolute atomic E-state index is 12.3. The Labute approximate surface area is 273 Å². The third-order valence-corrected chi connectivity index (χ3v) is 8.73. The smallest absolute Gasteiger partial charge is 0.222 e. The molecule has 1 amide bonds. The van der Waals surface area contributed by atoms with E-state index in [4.69, 9.17) is 0 Å². The fourth-order valence-electron chi connectivity index (χ4n) is 5.74. The third kappa shape index (κ3) is 30.8. The van der Waals surface area contributed by atoms with Gasteiger partial charge in [0.1, 0.15) is 0 Å². The Morgan fingerprint density at radius 2 is 0.955 bits per heavy atom. The van der Waals surface area contributed by atoms with E-state index in [1.54, 1.807) is 6.08 Å². The molecule has 0 saturated heterocycles. The predicted octanol–water partition coefficient (Wildman–Crippen LogP) is 10.3. The Morgan fingerprint density at radius 1 is 0.568 bits per heavy atom. The lowest BCUT2D eigenvalue weighted by atomic mass is 10.0. The molecule has 0 aromatic carbocycles. The van der Waals surface area contributed by atoms with Crippen molar-refractivity contribution in [3.05, 3.63) is 24.3 Å². The van der Waals surface area contributed by atoms with Crippen molar-refractivity contribution in [2.24, 2.45) is 0 Å². The van der Waals surface area contributed by atoms with Gasteiger partial charge in [-0.3, -0.25) is 4.79 Å². The molecule has 0 bridgehead atoms. The van der Waals surface area contributed by atoms with Gasteiger partial charge in [0.15, 0.2) is 0 Å². The standard InChI is InChI=1S/C39H75NO4/c1-3-5-7-9-11-13-15-16-17-18-19-20-21-22-23-25-27-29-31-33-38(43)37(35-41)40-39(44)34-36(42)32-30-28-26-24-14-12-10-8-6-4-2/h12,14,31,33,36-38,41-43H,3-11,13,15-30,32,34-35H2,1-2H3,(H,40,44)/b14-12-,33-31+.